The SMILES string of the molecule is CC1(O)CC(c2ccc(-c3nc(-c4cncs4)sc3-c3ccccc3)cc2)C1. The van der Waals surface area contributed by atoms with E-state index in [0.717, 1.165) is 34.0 Å². The van der Waals surface area contributed by atoms with E-state index in [2.05, 4.69) is 53.5 Å². The van der Waals surface area contributed by atoms with Gasteiger partial charge in [-0.15, -0.1) is 22.7 Å². The molecule has 0 atom stereocenters. The number of aromatic nitrogens is 2. The molecule has 0 spiro atoms. The summed E-state index contributed by atoms with van der Waals surface area (Å²) in [7, 11) is 0. The monoisotopic (exact) mass is 404 g/mol. The third-order valence-electron chi connectivity index (χ3n) is 5.33. The molecule has 1 fully saturated rings. The zero-order valence-electron chi connectivity index (χ0n) is 15.5. The van der Waals surface area contributed by atoms with Gasteiger partial charge in [0.25, 0.3) is 0 Å². The van der Waals surface area contributed by atoms with Crippen molar-refractivity contribution >= 4 is 22.7 Å². The first-order valence-corrected chi connectivity index (χ1v) is 11.1. The number of nitrogens with zero attached hydrogens (tertiary/aromatic N) is 2. The van der Waals surface area contributed by atoms with Crippen molar-refractivity contribution in [2.24, 2.45) is 0 Å². The molecule has 1 saturated carbocycles. The first kappa shape index (κ1) is 17.7. The molecule has 0 saturated heterocycles. The molecule has 0 bridgehead atoms. The summed E-state index contributed by atoms with van der Waals surface area (Å²) in [4.78, 5) is 11.5. The summed E-state index contributed by atoms with van der Waals surface area (Å²) in [6.45, 7) is 1.92. The molecule has 1 aliphatic rings. The number of hydrogen-bond acceptors (Lipinski definition) is 5. The Morgan fingerprint density at radius 2 is 1.75 bits per heavy atom. The van der Waals surface area contributed by atoms with Crippen LogP contribution in [0.4, 0.5) is 0 Å². The molecule has 1 aliphatic carbocycles. The van der Waals surface area contributed by atoms with Crippen LogP contribution < -0.4 is 0 Å². The maximum absolute atomic E-state index is 10.0. The first-order valence-electron chi connectivity index (χ1n) is 9.37. The summed E-state index contributed by atoms with van der Waals surface area (Å²) in [6, 6.07) is 19.2. The Hall–Kier alpha value is -2.34. The smallest absolute Gasteiger partial charge is 0.136 e. The predicted molar refractivity (Wildman–Crippen MR) is 117 cm³/mol. The van der Waals surface area contributed by atoms with Gasteiger partial charge in [-0.25, -0.2) is 4.98 Å². The average molecular weight is 405 g/mol. The van der Waals surface area contributed by atoms with E-state index in [0.29, 0.717) is 5.92 Å². The molecule has 5 heteroatoms. The fourth-order valence-electron chi connectivity index (χ4n) is 3.88. The molecule has 0 aliphatic heterocycles. The quantitative estimate of drug-likeness (QED) is 0.439. The van der Waals surface area contributed by atoms with Crippen LogP contribution in [-0.2, 0) is 0 Å². The molecule has 0 radical (unpaired) electrons. The molecule has 0 amide bonds. The molecule has 4 aromatic rings. The van der Waals surface area contributed by atoms with Crippen LogP contribution in [0.3, 0.4) is 0 Å². The van der Waals surface area contributed by atoms with Gasteiger partial charge in [-0.05, 0) is 36.8 Å². The van der Waals surface area contributed by atoms with Crippen molar-refractivity contribution in [1.82, 2.24) is 9.97 Å². The van der Waals surface area contributed by atoms with Crippen molar-refractivity contribution in [3.8, 4) is 31.6 Å². The fraction of sp³-hybridized carbons (Fsp3) is 0.217. The average Bonchev–Trinajstić information content (AvgIpc) is 3.37. The molecule has 3 nitrogen and oxygen atoms in total. The predicted octanol–water partition coefficient (Wildman–Crippen LogP) is 6.23. The second-order valence-electron chi connectivity index (χ2n) is 7.65. The van der Waals surface area contributed by atoms with Crippen LogP contribution in [0.15, 0.2) is 66.3 Å². The van der Waals surface area contributed by atoms with Gasteiger partial charge in [-0.2, -0.15) is 0 Å². The summed E-state index contributed by atoms with van der Waals surface area (Å²) in [5.74, 6) is 0.459. The van der Waals surface area contributed by atoms with Crippen LogP contribution in [-0.4, -0.2) is 20.7 Å². The standard InChI is InChI=1S/C23H20N2OS2/c1-23(26)11-18(12-23)15-7-9-16(10-8-15)20-21(17-5-3-2-4-6-17)28-22(25-20)19-13-24-14-27-19/h2-10,13-14,18,26H,11-12H2,1H3. The Kier molecular flexibility index (Phi) is 4.38. The normalized spacial score (nSPS) is 21.4. The minimum Gasteiger partial charge on any atom is -0.390 e. The summed E-state index contributed by atoms with van der Waals surface area (Å²) >= 11 is 3.34. The third-order valence-corrected chi connectivity index (χ3v) is 7.38. The lowest BCUT2D eigenvalue weighted by Gasteiger charge is -2.41. The molecule has 2 heterocycles. The van der Waals surface area contributed by atoms with Crippen LogP contribution in [0, 0.1) is 0 Å². The van der Waals surface area contributed by atoms with Crippen LogP contribution in [0.25, 0.3) is 31.6 Å². The van der Waals surface area contributed by atoms with E-state index < -0.39 is 5.60 Å². The minimum atomic E-state index is -0.498. The molecule has 28 heavy (non-hydrogen) atoms. The summed E-state index contributed by atoms with van der Waals surface area (Å²) in [6.07, 6.45) is 3.56. The summed E-state index contributed by atoms with van der Waals surface area (Å²) < 4.78 is 0. The van der Waals surface area contributed by atoms with Crippen molar-refractivity contribution in [2.45, 2.75) is 31.3 Å². The molecule has 1 N–H and O–H groups in total. The van der Waals surface area contributed by atoms with Crippen molar-refractivity contribution in [2.75, 3.05) is 0 Å². The van der Waals surface area contributed by atoms with Crippen molar-refractivity contribution in [3.05, 3.63) is 71.9 Å². The zero-order valence-corrected chi connectivity index (χ0v) is 17.1. The minimum absolute atomic E-state index is 0.459. The Morgan fingerprint density at radius 3 is 2.39 bits per heavy atom. The Morgan fingerprint density at radius 1 is 1.00 bits per heavy atom. The van der Waals surface area contributed by atoms with Crippen LogP contribution in [0.2, 0.25) is 0 Å². The van der Waals surface area contributed by atoms with Gasteiger partial charge < -0.3 is 5.11 Å². The summed E-state index contributed by atoms with van der Waals surface area (Å²) in [5.41, 5.74) is 5.98. The van der Waals surface area contributed by atoms with E-state index in [-0.39, 0.29) is 0 Å². The highest BCUT2D eigenvalue weighted by Crippen LogP contribution is 2.45. The number of aliphatic hydroxyl groups is 1. The van der Waals surface area contributed by atoms with Gasteiger partial charge in [0.15, 0.2) is 0 Å². The lowest BCUT2D eigenvalue weighted by Crippen LogP contribution is -2.39. The molecule has 0 unspecified atom stereocenters. The molecule has 2 aromatic heterocycles. The number of rotatable bonds is 4. The second-order valence-corrected chi connectivity index (χ2v) is 9.54. The lowest BCUT2D eigenvalue weighted by molar-refractivity contribution is -0.0313. The largest absolute Gasteiger partial charge is 0.390 e. The molecule has 2 aromatic carbocycles. The van der Waals surface area contributed by atoms with E-state index in [1.54, 1.807) is 22.7 Å². The van der Waals surface area contributed by atoms with E-state index >= 15 is 0 Å². The Balaban J connectivity index is 1.53. The van der Waals surface area contributed by atoms with Crippen molar-refractivity contribution < 1.29 is 5.11 Å². The number of hydrogen-bond donors (Lipinski definition) is 1. The van der Waals surface area contributed by atoms with Crippen molar-refractivity contribution in [3.63, 3.8) is 0 Å². The molecular formula is C23H20N2OS2. The molecular weight excluding hydrogens is 384 g/mol. The highest BCUT2D eigenvalue weighted by atomic mass is 32.1. The van der Waals surface area contributed by atoms with Crippen molar-refractivity contribution in [1.29, 1.82) is 0 Å². The fourth-order valence-corrected chi connectivity index (χ4v) is 5.65. The van der Waals surface area contributed by atoms with Gasteiger partial charge in [-0.3, -0.25) is 4.98 Å². The highest BCUT2D eigenvalue weighted by molar-refractivity contribution is 7.23. The third kappa shape index (κ3) is 3.30. The molecule has 140 valence electrons. The van der Waals surface area contributed by atoms with Crippen LogP contribution >= 0.6 is 22.7 Å². The van der Waals surface area contributed by atoms with Gasteiger partial charge >= 0.3 is 0 Å². The van der Waals surface area contributed by atoms with Gasteiger partial charge in [0.1, 0.15) is 5.01 Å². The first-order chi connectivity index (χ1) is 13.6. The van der Waals surface area contributed by atoms with E-state index in [9.17, 15) is 5.11 Å². The van der Waals surface area contributed by atoms with Gasteiger partial charge in [-0.1, -0.05) is 54.6 Å². The van der Waals surface area contributed by atoms with Crippen LogP contribution in [0.1, 0.15) is 31.2 Å². The topological polar surface area (TPSA) is 46.0 Å². The maximum Gasteiger partial charge on any atom is 0.136 e. The number of benzene rings is 2. The van der Waals surface area contributed by atoms with Gasteiger partial charge in [0.05, 0.1) is 26.6 Å². The van der Waals surface area contributed by atoms with E-state index in [1.165, 1.54) is 16.0 Å². The highest BCUT2D eigenvalue weighted by Gasteiger charge is 2.38. The summed E-state index contributed by atoms with van der Waals surface area (Å²) in [5, 5.41) is 11.0. The van der Waals surface area contributed by atoms with Gasteiger partial charge in [0, 0.05) is 11.8 Å². The van der Waals surface area contributed by atoms with E-state index in [1.807, 2.05) is 24.7 Å². The Bertz CT molecular complexity index is 1080. The number of thiazole rings is 2. The van der Waals surface area contributed by atoms with Crippen LogP contribution in [0.5, 0.6) is 0 Å². The zero-order chi connectivity index (χ0) is 19.1. The van der Waals surface area contributed by atoms with Gasteiger partial charge in [0.2, 0.25) is 0 Å². The second kappa shape index (κ2) is 6.92. The van der Waals surface area contributed by atoms with E-state index in [4.69, 9.17) is 4.98 Å². The lowest BCUT2D eigenvalue weighted by atomic mass is 9.69. The molecule has 5 rings (SSSR count). The maximum atomic E-state index is 10.0. The Labute approximate surface area is 172 Å².